The summed E-state index contributed by atoms with van der Waals surface area (Å²) in [7, 11) is -1.20. The Kier molecular flexibility index (Phi) is 3.47. The summed E-state index contributed by atoms with van der Waals surface area (Å²) in [6, 6.07) is 0. The van der Waals surface area contributed by atoms with Gasteiger partial charge in [0.05, 0.1) is 0 Å². The molecule has 0 bridgehead atoms. The molecule has 1 aliphatic carbocycles. The molecule has 1 aliphatic rings. The molecule has 0 spiro atoms. The van der Waals surface area contributed by atoms with Crippen LogP contribution < -0.4 is 0 Å². The van der Waals surface area contributed by atoms with Gasteiger partial charge in [-0.1, -0.05) is 13.8 Å². The minimum absolute atomic E-state index is 0.00157. The minimum Gasteiger partial charge on any atom is -0.480 e. The van der Waals surface area contributed by atoms with E-state index in [1.54, 1.807) is 0 Å². The third-order valence-corrected chi connectivity index (χ3v) is 4.73. The number of rotatable bonds is 5. The highest BCUT2D eigenvalue weighted by Gasteiger charge is 2.41. The first-order valence-electron chi connectivity index (χ1n) is 4.70. The number of carboxylic acid groups (broad SMARTS) is 1. The molecule has 0 aromatic rings. The van der Waals surface area contributed by atoms with Crippen LogP contribution in [0.1, 0.15) is 33.1 Å². The standard InChI is InChI=1S/C9H16O3S/c1-3-6(2)13(12)8(9(10)11)7-4-5-7/h6-8H,3-5H2,1-2H3,(H,10,11). The van der Waals surface area contributed by atoms with Crippen LogP contribution in [0.15, 0.2) is 0 Å². The van der Waals surface area contributed by atoms with Crippen molar-refractivity contribution in [2.24, 2.45) is 5.92 Å². The average molecular weight is 204 g/mol. The van der Waals surface area contributed by atoms with Gasteiger partial charge in [-0.3, -0.25) is 9.00 Å². The molecule has 4 heteroatoms. The van der Waals surface area contributed by atoms with Gasteiger partial charge >= 0.3 is 5.97 Å². The quantitative estimate of drug-likeness (QED) is 0.736. The highest BCUT2D eigenvalue weighted by Crippen LogP contribution is 2.36. The van der Waals surface area contributed by atoms with Gasteiger partial charge in [-0.2, -0.15) is 0 Å². The Morgan fingerprint density at radius 2 is 2.15 bits per heavy atom. The Labute approximate surface area is 81.0 Å². The van der Waals surface area contributed by atoms with Crippen molar-refractivity contribution in [3.05, 3.63) is 0 Å². The van der Waals surface area contributed by atoms with Gasteiger partial charge in [0.1, 0.15) is 5.25 Å². The largest absolute Gasteiger partial charge is 0.480 e. The summed E-state index contributed by atoms with van der Waals surface area (Å²) in [5.41, 5.74) is 0. The molecule has 0 aromatic carbocycles. The molecular formula is C9H16O3S. The zero-order valence-electron chi connectivity index (χ0n) is 8.03. The van der Waals surface area contributed by atoms with E-state index in [-0.39, 0.29) is 11.2 Å². The van der Waals surface area contributed by atoms with Crippen molar-refractivity contribution in [2.75, 3.05) is 0 Å². The second-order valence-electron chi connectivity index (χ2n) is 3.64. The Hall–Kier alpha value is -0.380. The normalized spacial score (nSPS) is 23.5. The summed E-state index contributed by atoms with van der Waals surface area (Å²) < 4.78 is 11.7. The number of carbonyl (C=O) groups is 1. The first-order chi connectivity index (χ1) is 6.07. The van der Waals surface area contributed by atoms with Gasteiger partial charge in [-0.15, -0.1) is 0 Å². The molecule has 3 atom stereocenters. The van der Waals surface area contributed by atoms with E-state index in [9.17, 15) is 9.00 Å². The fourth-order valence-electron chi connectivity index (χ4n) is 1.30. The molecular weight excluding hydrogens is 188 g/mol. The highest BCUT2D eigenvalue weighted by atomic mass is 32.2. The van der Waals surface area contributed by atoms with Crippen molar-refractivity contribution in [1.82, 2.24) is 0 Å². The van der Waals surface area contributed by atoms with Crippen LogP contribution in [0.5, 0.6) is 0 Å². The SMILES string of the molecule is CCC(C)S(=O)C(C(=O)O)C1CC1. The van der Waals surface area contributed by atoms with Crippen molar-refractivity contribution in [3.63, 3.8) is 0 Å². The lowest BCUT2D eigenvalue weighted by atomic mass is 10.3. The summed E-state index contributed by atoms with van der Waals surface area (Å²) in [6.45, 7) is 3.79. The zero-order valence-corrected chi connectivity index (χ0v) is 8.84. The first-order valence-corrected chi connectivity index (χ1v) is 5.97. The van der Waals surface area contributed by atoms with Crippen LogP contribution in [0, 0.1) is 5.92 Å². The van der Waals surface area contributed by atoms with Crippen LogP contribution in [-0.2, 0) is 15.6 Å². The molecule has 0 heterocycles. The Bertz CT molecular complexity index is 223. The van der Waals surface area contributed by atoms with Crippen LogP contribution in [-0.4, -0.2) is 25.8 Å². The molecule has 3 nitrogen and oxygen atoms in total. The van der Waals surface area contributed by atoms with Gasteiger partial charge < -0.3 is 5.11 Å². The molecule has 1 saturated carbocycles. The van der Waals surface area contributed by atoms with Gasteiger partial charge in [-0.25, -0.2) is 0 Å². The van der Waals surface area contributed by atoms with E-state index in [2.05, 4.69) is 0 Å². The molecule has 1 fully saturated rings. The van der Waals surface area contributed by atoms with Crippen LogP contribution in [0.2, 0.25) is 0 Å². The number of hydrogen-bond acceptors (Lipinski definition) is 2. The second-order valence-corrected chi connectivity index (χ2v) is 5.61. The summed E-state index contributed by atoms with van der Waals surface area (Å²) in [4.78, 5) is 10.8. The summed E-state index contributed by atoms with van der Waals surface area (Å²) in [5, 5.41) is 8.29. The lowest BCUT2D eigenvalue weighted by molar-refractivity contribution is -0.136. The van der Waals surface area contributed by atoms with Gasteiger partial charge in [-0.05, 0) is 25.2 Å². The van der Waals surface area contributed by atoms with Crippen molar-refractivity contribution < 1.29 is 14.1 Å². The molecule has 3 unspecified atom stereocenters. The van der Waals surface area contributed by atoms with Gasteiger partial charge in [0.15, 0.2) is 0 Å². The zero-order chi connectivity index (χ0) is 10.0. The fourth-order valence-corrected chi connectivity index (χ4v) is 2.98. The van der Waals surface area contributed by atoms with Crippen molar-refractivity contribution in [1.29, 1.82) is 0 Å². The molecule has 1 N–H and O–H groups in total. The third kappa shape index (κ3) is 2.53. The summed E-state index contributed by atoms with van der Waals surface area (Å²) in [5.74, 6) is -0.714. The predicted octanol–water partition coefficient (Wildman–Crippen LogP) is 1.40. The van der Waals surface area contributed by atoms with Crippen LogP contribution in [0.3, 0.4) is 0 Å². The van der Waals surface area contributed by atoms with E-state index in [1.165, 1.54) is 0 Å². The number of carboxylic acids is 1. The third-order valence-electron chi connectivity index (χ3n) is 2.52. The molecule has 76 valence electrons. The number of hydrogen-bond donors (Lipinski definition) is 1. The molecule has 0 saturated heterocycles. The van der Waals surface area contributed by atoms with Gasteiger partial charge in [0.25, 0.3) is 0 Å². The van der Waals surface area contributed by atoms with E-state index in [0.29, 0.717) is 0 Å². The Balaban J connectivity index is 2.63. The molecule has 1 rings (SSSR count). The molecule has 13 heavy (non-hydrogen) atoms. The van der Waals surface area contributed by atoms with E-state index < -0.39 is 22.0 Å². The van der Waals surface area contributed by atoms with E-state index in [0.717, 1.165) is 19.3 Å². The fraction of sp³-hybridized carbons (Fsp3) is 0.889. The smallest absolute Gasteiger partial charge is 0.319 e. The van der Waals surface area contributed by atoms with Crippen molar-refractivity contribution >= 4 is 16.8 Å². The van der Waals surface area contributed by atoms with Crippen LogP contribution in [0.4, 0.5) is 0 Å². The lowest BCUT2D eigenvalue weighted by Gasteiger charge is -2.15. The summed E-state index contributed by atoms with van der Waals surface area (Å²) in [6.07, 6.45) is 2.64. The second kappa shape index (κ2) is 4.22. The molecule has 0 radical (unpaired) electrons. The van der Waals surface area contributed by atoms with E-state index in [4.69, 9.17) is 5.11 Å². The minimum atomic E-state index is -1.20. The van der Waals surface area contributed by atoms with E-state index >= 15 is 0 Å². The van der Waals surface area contributed by atoms with Crippen LogP contribution >= 0.6 is 0 Å². The van der Waals surface area contributed by atoms with E-state index in [1.807, 2.05) is 13.8 Å². The molecule has 0 amide bonds. The van der Waals surface area contributed by atoms with Crippen molar-refractivity contribution in [2.45, 2.75) is 43.6 Å². The monoisotopic (exact) mass is 204 g/mol. The predicted molar refractivity (Wildman–Crippen MR) is 52.0 cm³/mol. The summed E-state index contributed by atoms with van der Waals surface area (Å²) >= 11 is 0. The maximum Gasteiger partial charge on any atom is 0.319 e. The van der Waals surface area contributed by atoms with Gasteiger partial charge in [0, 0.05) is 16.0 Å². The maximum absolute atomic E-state index is 11.7. The maximum atomic E-state index is 11.7. The lowest BCUT2D eigenvalue weighted by Crippen LogP contribution is -2.32. The van der Waals surface area contributed by atoms with Crippen molar-refractivity contribution in [3.8, 4) is 0 Å². The first kappa shape index (κ1) is 10.7. The number of aliphatic carboxylic acids is 1. The Morgan fingerprint density at radius 3 is 2.46 bits per heavy atom. The highest BCUT2D eigenvalue weighted by molar-refractivity contribution is 7.87. The molecule has 0 aromatic heterocycles. The topological polar surface area (TPSA) is 54.4 Å². The van der Waals surface area contributed by atoms with Crippen LogP contribution in [0.25, 0.3) is 0 Å². The molecule has 0 aliphatic heterocycles. The average Bonchev–Trinajstić information content (AvgIpc) is 2.86. The van der Waals surface area contributed by atoms with Gasteiger partial charge in [0.2, 0.25) is 0 Å². The Morgan fingerprint density at radius 1 is 1.62 bits per heavy atom.